The van der Waals surface area contributed by atoms with E-state index in [0.717, 1.165) is 19.4 Å². The number of hydrogen-bond donors (Lipinski definition) is 0. The molecule has 1 rings (SSSR count). The second-order valence-corrected chi connectivity index (χ2v) is 8.03. The van der Waals surface area contributed by atoms with E-state index in [0.29, 0.717) is 0 Å². The summed E-state index contributed by atoms with van der Waals surface area (Å²) in [6.07, 6.45) is 4.43. The van der Waals surface area contributed by atoms with Crippen LogP contribution in [-0.2, 0) is 19.4 Å². The van der Waals surface area contributed by atoms with Crippen molar-refractivity contribution in [3.8, 4) is 0 Å². The Morgan fingerprint density at radius 3 is 2.00 bits per heavy atom. The quantitative estimate of drug-likeness (QED) is 0.796. The Hall–Kier alpha value is -0.860. The molecule has 3 heteroatoms. The van der Waals surface area contributed by atoms with E-state index in [1.54, 1.807) is 0 Å². The van der Waals surface area contributed by atoms with Crippen LogP contribution in [0, 0.1) is 10.8 Å². The fourth-order valence-corrected chi connectivity index (χ4v) is 2.19. The highest BCUT2D eigenvalue weighted by Gasteiger charge is 2.23. The Morgan fingerprint density at radius 2 is 1.53 bits per heavy atom. The van der Waals surface area contributed by atoms with Crippen molar-refractivity contribution in [1.29, 1.82) is 0 Å². The van der Waals surface area contributed by atoms with Gasteiger partial charge in [-0.05, 0) is 30.1 Å². The molecule has 1 heterocycles. The van der Waals surface area contributed by atoms with E-state index in [1.807, 2.05) is 0 Å². The summed E-state index contributed by atoms with van der Waals surface area (Å²) in [5.41, 5.74) is 3.07. The van der Waals surface area contributed by atoms with Crippen LogP contribution in [0.15, 0.2) is 0 Å². The number of aryl methyl sites for hydroxylation is 1. The van der Waals surface area contributed by atoms with Crippen molar-refractivity contribution in [3.63, 3.8) is 0 Å². The van der Waals surface area contributed by atoms with Crippen LogP contribution in [0.3, 0.4) is 0 Å². The van der Waals surface area contributed by atoms with Gasteiger partial charge in [-0.15, -0.1) is 5.10 Å². The minimum atomic E-state index is 0.262. The zero-order valence-electron chi connectivity index (χ0n) is 13.9. The first-order chi connectivity index (χ1) is 8.62. The van der Waals surface area contributed by atoms with E-state index in [1.165, 1.54) is 24.2 Å². The lowest BCUT2D eigenvalue weighted by Gasteiger charge is -2.22. The smallest absolute Gasteiger partial charge is 0.0864 e. The van der Waals surface area contributed by atoms with Gasteiger partial charge in [-0.25, -0.2) is 4.68 Å². The van der Waals surface area contributed by atoms with Crippen molar-refractivity contribution < 1.29 is 0 Å². The van der Waals surface area contributed by atoms with E-state index < -0.39 is 0 Å². The van der Waals surface area contributed by atoms with Crippen molar-refractivity contribution >= 4 is 0 Å². The summed E-state index contributed by atoms with van der Waals surface area (Å²) in [6, 6.07) is 0. The molecule has 3 nitrogen and oxygen atoms in total. The van der Waals surface area contributed by atoms with Gasteiger partial charge < -0.3 is 0 Å². The topological polar surface area (TPSA) is 30.7 Å². The molecular formula is C16H31N3. The van der Waals surface area contributed by atoms with E-state index in [2.05, 4.69) is 63.5 Å². The first kappa shape index (κ1) is 16.2. The van der Waals surface area contributed by atoms with E-state index in [-0.39, 0.29) is 10.8 Å². The molecule has 0 aliphatic heterocycles. The number of rotatable bonds is 5. The molecule has 0 radical (unpaired) electrons. The molecule has 0 amide bonds. The molecule has 0 aliphatic carbocycles. The zero-order chi connectivity index (χ0) is 14.7. The summed E-state index contributed by atoms with van der Waals surface area (Å²) in [5.74, 6) is 0. The second kappa shape index (κ2) is 6.06. The molecule has 0 saturated carbocycles. The van der Waals surface area contributed by atoms with Gasteiger partial charge in [-0.2, -0.15) is 0 Å². The lowest BCUT2D eigenvalue weighted by Crippen LogP contribution is -2.18. The van der Waals surface area contributed by atoms with Crippen molar-refractivity contribution in [2.45, 2.75) is 80.7 Å². The summed E-state index contributed by atoms with van der Waals surface area (Å²) in [7, 11) is 0. The van der Waals surface area contributed by atoms with Crippen LogP contribution >= 0.6 is 0 Å². The maximum Gasteiger partial charge on any atom is 0.0864 e. The van der Waals surface area contributed by atoms with Gasteiger partial charge >= 0.3 is 0 Å². The molecule has 110 valence electrons. The summed E-state index contributed by atoms with van der Waals surface area (Å²) in [6.45, 7) is 16.9. The average molecular weight is 265 g/mol. The third-order valence-corrected chi connectivity index (χ3v) is 3.04. The highest BCUT2D eigenvalue weighted by Crippen LogP contribution is 2.26. The first-order valence-corrected chi connectivity index (χ1v) is 7.53. The van der Waals surface area contributed by atoms with E-state index in [4.69, 9.17) is 0 Å². The molecule has 0 unspecified atom stereocenters. The number of unbranched alkanes of at least 4 members (excludes halogenated alkanes) is 1. The normalized spacial score (nSPS) is 13.0. The van der Waals surface area contributed by atoms with Crippen LogP contribution in [0.2, 0.25) is 0 Å². The van der Waals surface area contributed by atoms with E-state index in [9.17, 15) is 0 Å². The average Bonchev–Trinajstić information content (AvgIpc) is 2.54. The van der Waals surface area contributed by atoms with Gasteiger partial charge in [0.2, 0.25) is 0 Å². The van der Waals surface area contributed by atoms with Gasteiger partial charge in [-0.3, -0.25) is 0 Å². The van der Waals surface area contributed by atoms with Gasteiger partial charge in [0.05, 0.1) is 11.4 Å². The van der Waals surface area contributed by atoms with Crippen molar-refractivity contribution in [3.05, 3.63) is 11.4 Å². The van der Waals surface area contributed by atoms with Crippen molar-refractivity contribution in [2.24, 2.45) is 10.8 Å². The molecule has 1 aromatic heterocycles. The Morgan fingerprint density at radius 1 is 0.947 bits per heavy atom. The fraction of sp³-hybridized carbons (Fsp3) is 0.875. The maximum atomic E-state index is 4.45. The van der Waals surface area contributed by atoms with Crippen LogP contribution in [0.25, 0.3) is 0 Å². The molecule has 0 saturated heterocycles. The van der Waals surface area contributed by atoms with Crippen LogP contribution < -0.4 is 0 Å². The maximum absolute atomic E-state index is 4.45. The SMILES string of the molecule is CCCCn1nnc(CC(C)(C)C)c1CC(C)(C)C. The molecule has 0 fully saturated rings. The molecule has 0 aliphatic rings. The Bertz CT molecular complexity index is 391. The summed E-state index contributed by atoms with van der Waals surface area (Å²) < 4.78 is 2.13. The number of nitrogens with zero attached hydrogens (tertiary/aromatic N) is 3. The van der Waals surface area contributed by atoms with Gasteiger partial charge in [0.1, 0.15) is 0 Å². The molecule has 19 heavy (non-hydrogen) atoms. The van der Waals surface area contributed by atoms with Gasteiger partial charge in [-0.1, -0.05) is 60.1 Å². The standard InChI is InChI=1S/C16H31N3/c1-8-9-10-19-14(12-16(5,6)7)13(17-18-19)11-15(2,3)4/h8-12H2,1-7H3. The van der Waals surface area contributed by atoms with Crippen LogP contribution in [0.1, 0.15) is 72.7 Å². The third kappa shape index (κ3) is 5.75. The number of hydrogen-bond acceptors (Lipinski definition) is 2. The predicted molar refractivity (Wildman–Crippen MR) is 81.2 cm³/mol. The largest absolute Gasteiger partial charge is 0.249 e. The summed E-state index contributed by atoms with van der Waals surface area (Å²) in [4.78, 5) is 0. The Balaban J connectivity index is 2.99. The predicted octanol–water partition coefficient (Wildman–Crippen LogP) is 4.26. The second-order valence-electron chi connectivity index (χ2n) is 8.03. The van der Waals surface area contributed by atoms with Crippen LogP contribution in [0.5, 0.6) is 0 Å². The number of aromatic nitrogens is 3. The molecular weight excluding hydrogens is 234 g/mol. The third-order valence-electron chi connectivity index (χ3n) is 3.04. The van der Waals surface area contributed by atoms with Gasteiger partial charge in [0.15, 0.2) is 0 Å². The molecule has 0 atom stereocenters. The van der Waals surface area contributed by atoms with Crippen LogP contribution in [-0.4, -0.2) is 15.0 Å². The van der Waals surface area contributed by atoms with E-state index >= 15 is 0 Å². The van der Waals surface area contributed by atoms with Gasteiger partial charge in [0, 0.05) is 6.54 Å². The molecule has 0 spiro atoms. The summed E-state index contributed by atoms with van der Waals surface area (Å²) in [5, 5.41) is 8.84. The Labute approximate surface area is 118 Å². The Kier molecular flexibility index (Phi) is 5.17. The van der Waals surface area contributed by atoms with Gasteiger partial charge in [0.25, 0.3) is 0 Å². The minimum absolute atomic E-state index is 0.262. The lowest BCUT2D eigenvalue weighted by atomic mass is 9.85. The fourth-order valence-electron chi connectivity index (χ4n) is 2.19. The highest BCUT2D eigenvalue weighted by molar-refractivity contribution is 5.13. The molecule has 1 aromatic rings. The molecule has 0 bridgehead atoms. The summed E-state index contributed by atoms with van der Waals surface area (Å²) >= 11 is 0. The molecule has 0 aromatic carbocycles. The monoisotopic (exact) mass is 265 g/mol. The molecule has 0 N–H and O–H groups in total. The minimum Gasteiger partial charge on any atom is -0.249 e. The highest BCUT2D eigenvalue weighted by atomic mass is 15.4. The van der Waals surface area contributed by atoms with Crippen molar-refractivity contribution in [1.82, 2.24) is 15.0 Å². The van der Waals surface area contributed by atoms with Crippen molar-refractivity contribution in [2.75, 3.05) is 0 Å². The lowest BCUT2D eigenvalue weighted by molar-refractivity contribution is 0.377. The zero-order valence-corrected chi connectivity index (χ0v) is 13.9. The van der Waals surface area contributed by atoms with Crippen LogP contribution in [0.4, 0.5) is 0 Å². The first-order valence-electron chi connectivity index (χ1n) is 7.53.